The largest absolute Gasteiger partial charge is 0.392 e. The lowest BCUT2D eigenvalue weighted by Gasteiger charge is -2.37. The van der Waals surface area contributed by atoms with Gasteiger partial charge in [0.05, 0.1) is 29.1 Å². The highest BCUT2D eigenvalue weighted by Gasteiger charge is 2.29. The van der Waals surface area contributed by atoms with Gasteiger partial charge < -0.3 is 15.7 Å². The van der Waals surface area contributed by atoms with Crippen LogP contribution in [0, 0.1) is 0 Å². The number of amides is 2. The maximum Gasteiger partial charge on any atom is 0.244 e. The van der Waals surface area contributed by atoms with Crippen LogP contribution in [0.15, 0.2) is 53.4 Å². The van der Waals surface area contributed by atoms with Crippen LogP contribution < -0.4 is 10.6 Å². The van der Waals surface area contributed by atoms with Crippen molar-refractivity contribution in [1.29, 1.82) is 0 Å². The van der Waals surface area contributed by atoms with Gasteiger partial charge in [-0.25, -0.2) is 0 Å². The molecular weight excluding hydrogens is 418 g/mol. The van der Waals surface area contributed by atoms with Gasteiger partial charge in [0, 0.05) is 19.6 Å². The van der Waals surface area contributed by atoms with E-state index in [0.717, 1.165) is 18.5 Å². The van der Waals surface area contributed by atoms with E-state index in [0.29, 0.717) is 29.2 Å². The van der Waals surface area contributed by atoms with Crippen LogP contribution >= 0.6 is 10.6 Å². The number of rotatable bonds is 6. The van der Waals surface area contributed by atoms with E-state index in [1.54, 1.807) is 18.2 Å². The lowest BCUT2D eigenvalue weighted by Crippen LogP contribution is -2.38. The Hall–Kier alpha value is -2.43. The number of β-amino-alcohol motifs (C(OH)–C–C–N with tert-alkyl or cyclic N) is 1. The number of fused-ring (bicyclic) bond motifs is 1. The lowest BCUT2D eigenvalue weighted by atomic mass is 10.1. The minimum atomic E-state index is -3.15. The number of likely N-dealkylation sites (tertiary alicyclic amines) is 1. The van der Waals surface area contributed by atoms with Gasteiger partial charge >= 0.3 is 0 Å². The molecule has 0 bridgehead atoms. The van der Waals surface area contributed by atoms with Gasteiger partial charge in [0.1, 0.15) is 5.75 Å². The smallest absolute Gasteiger partial charge is 0.244 e. The molecule has 9 heteroatoms. The number of aliphatic hydroxyl groups is 1. The molecule has 2 aromatic carbocycles. The topological polar surface area (TPSA) is 122 Å². The summed E-state index contributed by atoms with van der Waals surface area (Å²) in [6.07, 6.45) is 0.495. The van der Waals surface area contributed by atoms with Crippen molar-refractivity contribution >= 4 is 28.1 Å². The van der Waals surface area contributed by atoms with E-state index in [9.17, 15) is 23.8 Å². The number of carbonyl (C=O) groups excluding carboxylic acids is 2. The molecule has 2 aliphatic heterocycles. The summed E-state index contributed by atoms with van der Waals surface area (Å²) in [5.74, 6) is -0.975. The summed E-state index contributed by atoms with van der Waals surface area (Å²) in [4.78, 5) is 27.0. The Balaban J connectivity index is 1.46. The van der Waals surface area contributed by atoms with E-state index in [1.807, 2.05) is 30.3 Å². The molecule has 2 amide bonds. The number of benzene rings is 2. The van der Waals surface area contributed by atoms with Crippen molar-refractivity contribution in [3.8, 4) is 0 Å². The van der Waals surface area contributed by atoms with Crippen molar-refractivity contribution in [2.24, 2.45) is 0 Å². The fraction of sp³-hybridized carbons (Fsp3) is 0.364. The Labute approximate surface area is 182 Å². The molecule has 2 atom stereocenters. The van der Waals surface area contributed by atoms with Crippen LogP contribution in [0.2, 0.25) is 0 Å². The highest BCUT2D eigenvalue weighted by atomic mass is 32.3. The summed E-state index contributed by atoms with van der Waals surface area (Å²) in [7, 11) is -3.15. The maximum atomic E-state index is 12.8. The molecular formula is C22H27N3O5S. The van der Waals surface area contributed by atoms with Crippen LogP contribution in [0.25, 0.3) is 0 Å². The van der Waals surface area contributed by atoms with Gasteiger partial charge in [-0.05, 0) is 29.7 Å². The SMILES string of the molecule is O=C1CS(O)(O)c2ccc(CC(=O)N[C@H](CN3CC[C@H](O)C3)c3ccccc3)cc2N1. The first-order chi connectivity index (χ1) is 14.8. The van der Waals surface area contributed by atoms with E-state index in [1.165, 1.54) is 0 Å². The van der Waals surface area contributed by atoms with Crippen molar-refractivity contribution in [1.82, 2.24) is 10.2 Å². The summed E-state index contributed by atoms with van der Waals surface area (Å²) in [5.41, 5.74) is 1.99. The van der Waals surface area contributed by atoms with Crippen LogP contribution in [0.1, 0.15) is 23.6 Å². The molecule has 0 aliphatic carbocycles. The molecule has 5 N–H and O–H groups in total. The number of hydrogen-bond donors (Lipinski definition) is 5. The van der Waals surface area contributed by atoms with Gasteiger partial charge in [-0.3, -0.25) is 23.6 Å². The summed E-state index contributed by atoms with van der Waals surface area (Å²) in [6.45, 7) is 1.99. The molecule has 2 heterocycles. The third kappa shape index (κ3) is 5.25. The van der Waals surface area contributed by atoms with E-state index in [2.05, 4.69) is 15.5 Å². The molecule has 4 rings (SSSR count). The zero-order chi connectivity index (χ0) is 22.0. The first kappa shape index (κ1) is 21.8. The third-order valence-corrected chi connectivity index (χ3v) is 7.32. The summed E-state index contributed by atoms with van der Waals surface area (Å²) >= 11 is 0. The third-order valence-electron chi connectivity index (χ3n) is 5.59. The zero-order valence-electron chi connectivity index (χ0n) is 17.0. The van der Waals surface area contributed by atoms with E-state index in [-0.39, 0.29) is 30.2 Å². The number of nitrogens with zero attached hydrogens (tertiary/aromatic N) is 1. The van der Waals surface area contributed by atoms with Gasteiger partial charge in [-0.2, -0.15) is 10.6 Å². The predicted molar refractivity (Wildman–Crippen MR) is 119 cm³/mol. The van der Waals surface area contributed by atoms with Crippen LogP contribution in [-0.2, 0) is 16.0 Å². The number of anilines is 1. The second-order valence-corrected chi connectivity index (χ2v) is 10.2. The second-order valence-electron chi connectivity index (χ2n) is 8.10. The highest BCUT2D eigenvalue weighted by molar-refractivity contribution is 8.25. The monoisotopic (exact) mass is 445 g/mol. The van der Waals surface area contributed by atoms with E-state index >= 15 is 0 Å². The number of aliphatic hydroxyl groups excluding tert-OH is 1. The first-order valence-electron chi connectivity index (χ1n) is 10.2. The Morgan fingerprint density at radius 3 is 2.71 bits per heavy atom. The summed E-state index contributed by atoms with van der Waals surface area (Å²) in [5, 5.41) is 15.6. The van der Waals surface area contributed by atoms with Crippen molar-refractivity contribution in [2.75, 3.05) is 30.7 Å². The maximum absolute atomic E-state index is 12.8. The molecule has 166 valence electrons. The molecule has 2 aromatic rings. The van der Waals surface area contributed by atoms with Crippen molar-refractivity contribution in [3.05, 3.63) is 59.7 Å². The Bertz CT molecular complexity index is 969. The first-order valence-corrected chi connectivity index (χ1v) is 12.0. The van der Waals surface area contributed by atoms with E-state index in [4.69, 9.17) is 0 Å². The average Bonchev–Trinajstić information content (AvgIpc) is 3.11. The Morgan fingerprint density at radius 2 is 2.00 bits per heavy atom. The molecule has 0 spiro atoms. The minimum Gasteiger partial charge on any atom is -0.392 e. The van der Waals surface area contributed by atoms with E-state index < -0.39 is 16.5 Å². The number of hydrogen-bond acceptors (Lipinski definition) is 6. The molecule has 0 unspecified atom stereocenters. The Morgan fingerprint density at radius 1 is 1.23 bits per heavy atom. The van der Waals surface area contributed by atoms with Crippen molar-refractivity contribution in [3.63, 3.8) is 0 Å². The fourth-order valence-corrected chi connectivity index (χ4v) is 5.44. The van der Waals surface area contributed by atoms with Crippen LogP contribution in [-0.4, -0.2) is 62.4 Å². The van der Waals surface area contributed by atoms with Gasteiger partial charge in [-0.15, -0.1) is 0 Å². The average molecular weight is 446 g/mol. The Kier molecular flexibility index (Phi) is 6.31. The molecule has 1 saturated heterocycles. The molecule has 8 nitrogen and oxygen atoms in total. The zero-order valence-corrected chi connectivity index (χ0v) is 17.8. The molecule has 0 aromatic heterocycles. The molecule has 0 saturated carbocycles. The van der Waals surface area contributed by atoms with Crippen LogP contribution in [0.3, 0.4) is 0 Å². The lowest BCUT2D eigenvalue weighted by molar-refractivity contribution is -0.121. The fourth-order valence-electron chi connectivity index (χ4n) is 4.10. The van der Waals surface area contributed by atoms with Gasteiger partial charge in [0.15, 0.2) is 0 Å². The standard InChI is InChI=1S/C22H27N3O5S/c26-17-8-9-25(12-17)13-19(16-4-2-1-3-5-16)24-21(27)11-15-6-7-20-18(10-15)23-22(28)14-31(20,29)30/h1-7,10,17,19,26,29-30H,8-9,11-14H2,(H,23,28)(H,24,27)/t17-,19+/m0/s1. The van der Waals surface area contributed by atoms with Crippen LogP contribution in [0.5, 0.6) is 0 Å². The number of nitrogens with one attached hydrogen (secondary N) is 2. The normalized spacial score (nSPS) is 22.3. The van der Waals surface area contributed by atoms with Gasteiger partial charge in [0.2, 0.25) is 11.8 Å². The number of carbonyl (C=O) groups is 2. The molecule has 31 heavy (non-hydrogen) atoms. The second kappa shape index (κ2) is 8.97. The van der Waals surface area contributed by atoms with Gasteiger partial charge in [-0.1, -0.05) is 36.4 Å². The molecule has 0 radical (unpaired) electrons. The van der Waals surface area contributed by atoms with Crippen molar-refractivity contribution in [2.45, 2.75) is 29.9 Å². The molecule has 1 fully saturated rings. The quantitative estimate of drug-likeness (QED) is 0.465. The highest BCUT2D eigenvalue weighted by Crippen LogP contribution is 2.53. The minimum absolute atomic E-state index is 0.0916. The predicted octanol–water partition coefficient (Wildman–Crippen LogP) is 2.21. The molecule has 2 aliphatic rings. The summed E-state index contributed by atoms with van der Waals surface area (Å²) < 4.78 is 20.3. The van der Waals surface area contributed by atoms with Gasteiger partial charge in [0.25, 0.3) is 0 Å². The van der Waals surface area contributed by atoms with Crippen molar-refractivity contribution < 1.29 is 23.8 Å². The van der Waals surface area contributed by atoms with Crippen LogP contribution in [0.4, 0.5) is 5.69 Å². The summed E-state index contributed by atoms with van der Waals surface area (Å²) in [6, 6.07) is 14.4.